The van der Waals surface area contributed by atoms with E-state index in [0.717, 1.165) is 6.08 Å². The van der Waals surface area contributed by atoms with Gasteiger partial charge in [-0.25, -0.2) is 9.59 Å². The second kappa shape index (κ2) is 8.99. The van der Waals surface area contributed by atoms with E-state index in [4.69, 9.17) is 4.74 Å². The van der Waals surface area contributed by atoms with Crippen LogP contribution in [0, 0.1) is 0 Å². The maximum Gasteiger partial charge on any atom is 0.408 e. The van der Waals surface area contributed by atoms with Crippen molar-refractivity contribution in [3.8, 4) is 0 Å². The zero-order valence-electron chi connectivity index (χ0n) is 13.0. The highest BCUT2D eigenvalue weighted by molar-refractivity contribution is 5.86. The number of hydrogen-bond donors (Lipinski definition) is 2. The number of nitrogens with one attached hydrogen (secondary N) is 2. The summed E-state index contributed by atoms with van der Waals surface area (Å²) in [5.41, 5.74) is -0.650. The highest BCUT2D eigenvalue weighted by Gasteiger charge is 2.24. The molecule has 2 amide bonds. The number of carbonyl (C=O) groups excluding carboxylic acids is 3. The molecular weight excluding hydrogens is 276 g/mol. The average molecular weight is 300 g/mol. The first-order valence-electron chi connectivity index (χ1n) is 6.67. The van der Waals surface area contributed by atoms with Crippen LogP contribution in [0.25, 0.3) is 0 Å². The van der Waals surface area contributed by atoms with Gasteiger partial charge < -0.3 is 20.1 Å². The lowest BCUT2D eigenvalue weighted by molar-refractivity contribution is -0.143. The van der Waals surface area contributed by atoms with Crippen LogP contribution < -0.4 is 10.6 Å². The normalized spacial score (nSPS) is 12.0. The first-order valence-corrected chi connectivity index (χ1v) is 6.67. The number of hydrogen-bond acceptors (Lipinski definition) is 5. The van der Waals surface area contributed by atoms with Gasteiger partial charge in [0.1, 0.15) is 11.6 Å². The Bertz CT molecular complexity index is 387. The fourth-order valence-electron chi connectivity index (χ4n) is 1.43. The van der Waals surface area contributed by atoms with E-state index in [-0.39, 0.29) is 5.91 Å². The number of alkyl carbamates (subject to hydrolysis) is 1. The third-order valence-electron chi connectivity index (χ3n) is 2.33. The van der Waals surface area contributed by atoms with Gasteiger partial charge in [0.2, 0.25) is 5.91 Å². The van der Waals surface area contributed by atoms with Crippen LogP contribution >= 0.6 is 0 Å². The number of rotatable bonds is 7. The molecule has 0 bridgehead atoms. The van der Waals surface area contributed by atoms with Crippen molar-refractivity contribution in [1.29, 1.82) is 0 Å². The molecule has 1 unspecified atom stereocenters. The third-order valence-corrected chi connectivity index (χ3v) is 2.33. The van der Waals surface area contributed by atoms with Gasteiger partial charge in [-0.05, 0) is 39.7 Å². The van der Waals surface area contributed by atoms with Gasteiger partial charge in [-0.1, -0.05) is 6.58 Å². The van der Waals surface area contributed by atoms with Crippen molar-refractivity contribution in [2.75, 3.05) is 13.7 Å². The molecule has 0 aromatic carbocycles. The van der Waals surface area contributed by atoms with Gasteiger partial charge in [-0.3, -0.25) is 4.79 Å². The highest BCUT2D eigenvalue weighted by atomic mass is 16.6. The van der Waals surface area contributed by atoms with Crippen molar-refractivity contribution in [2.24, 2.45) is 0 Å². The number of carbonyl (C=O) groups is 3. The minimum Gasteiger partial charge on any atom is -0.467 e. The number of methoxy groups -OCH3 is 1. The summed E-state index contributed by atoms with van der Waals surface area (Å²) in [7, 11) is 1.24. The zero-order chi connectivity index (χ0) is 16.5. The topological polar surface area (TPSA) is 93.7 Å². The van der Waals surface area contributed by atoms with Crippen LogP contribution in [0.2, 0.25) is 0 Å². The molecule has 7 nitrogen and oxygen atoms in total. The molecule has 120 valence electrons. The summed E-state index contributed by atoms with van der Waals surface area (Å²) in [4.78, 5) is 34.2. The molecule has 0 saturated heterocycles. The lowest BCUT2D eigenvalue weighted by Crippen LogP contribution is -2.44. The average Bonchev–Trinajstić information content (AvgIpc) is 2.38. The molecule has 0 heterocycles. The lowest BCUT2D eigenvalue weighted by atomic mass is 10.1. The Labute approximate surface area is 125 Å². The third kappa shape index (κ3) is 9.48. The van der Waals surface area contributed by atoms with Crippen molar-refractivity contribution in [3.05, 3.63) is 12.7 Å². The first-order chi connectivity index (χ1) is 9.69. The summed E-state index contributed by atoms with van der Waals surface area (Å²) in [6.07, 6.45) is 1.29. The Morgan fingerprint density at radius 3 is 2.38 bits per heavy atom. The summed E-state index contributed by atoms with van der Waals surface area (Å²) in [6.45, 7) is 8.88. The van der Waals surface area contributed by atoms with E-state index in [0.29, 0.717) is 19.4 Å². The van der Waals surface area contributed by atoms with E-state index in [1.807, 2.05) is 0 Å². The summed E-state index contributed by atoms with van der Waals surface area (Å²) < 4.78 is 9.71. The first kappa shape index (κ1) is 18.9. The standard InChI is InChI=1S/C14H24N2O5/c1-6-11(17)15-9-7-8-10(12(18)20-5)16-13(19)21-14(2,3)4/h6,10H,1,7-9H2,2-5H3,(H,15,17)(H,16,19). The van der Waals surface area contributed by atoms with Crippen molar-refractivity contribution in [3.63, 3.8) is 0 Å². The number of esters is 1. The molecule has 0 spiro atoms. The molecule has 0 fully saturated rings. The van der Waals surface area contributed by atoms with E-state index in [1.165, 1.54) is 7.11 Å². The molecule has 1 atom stereocenters. The second-order valence-electron chi connectivity index (χ2n) is 5.36. The largest absolute Gasteiger partial charge is 0.467 e. The van der Waals surface area contributed by atoms with Crippen LogP contribution in [0.4, 0.5) is 4.79 Å². The minimum atomic E-state index is -0.814. The van der Waals surface area contributed by atoms with Gasteiger partial charge in [0, 0.05) is 6.54 Å². The van der Waals surface area contributed by atoms with E-state index in [1.54, 1.807) is 20.8 Å². The predicted molar refractivity (Wildman–Crippen MR) is 77.6 cm³/mol. The van der Waals surface area contributed by atoms with Gasteiger partial charge in [-0.2, -0.15) is 0 Å². The van der Waals surface area contributed by atoms with E-state index in [9.17, 15) is 14.4 Å². The van der Waals surface area contributed by atoms with Gasteiger partial charge in [0.05, 0.1) is 7.11 Å². The quantitative estimate of drug-likeness (QED) is 0.418. The lowest BCUT2D eigenvalue weighted by Gasteiger charge is -2.22. The second-order valence-corrected chi connectivity index (χ2v) is 5.36. The fraction of sp³-hybridized carbons (Fsp3) is 0.643. The molecule has 0 aliphatic rings. The van der Waals surface area contributed by atoms with Crippen molar-refractivity contribution in [2.45, 2.75) is 45.3 Å². The molecule has 0 aliphatic carbocycles. The molecular formula is C14H24N2O5. The summed E-state index contributed by atoms with van der Waals surface area (Å²) in [5, 5.41) is 5.04. The molecule has 0 rings (SSSR count). The highest BCUT2D eigenvalue weighted by Crippen LogP contribution is 2.08. The molecule has 0 aromatic rings. The predicted octanol–water partition coefficient (Wildman–Crippen LogP) is 1.14. The Balaban J connectivity index is 4.33. The van der Waals surface area contributed by atoms with Crippen LogP contribution in [0.3, 0.4) is 0 Å². The van der Waals surface area contributed by atoms with Crippen molar-refractivity contribution < 1.29 is 23.9 Å². The van der Waals surface area contributed by atoms with Gasteiger partial charge in [-0.15, -0.1) is 0 Å². The fourth-order valence-corrected chi connectivity index (χ4v) is 1.43. The molecule has 0 aliphatic heterocycles. The van der Waals surface area contributed by atoms with Crippen LogP contribution in [0.5, 0.6) is 0 Å². The Hall–Kier alpha value is -2.05. The Kier molecular flexibility index (Phi) is 8.11. The summed E-state index contributed by atoms with van der Waals surface area (Å²) in [5.74, 6) is -0.847. The number of amides is 2. The van der Waals surface area contributed by atoms with Crippen LogP contribution in [-0.4, -0.2) is 43.3 Å². The van der Waals surface area contributed by atoms with E-state index in [2.05, 4.69) is 21.9 Å². The van der Waals surface area contributed by atoms with E-state index >= 15 is 0 Å². The molecule has 0 aromatic heterocycles. The van der Waals surface area contributed by atoms with E-state index < -0.39 is 23.7 Å². The summed E-state index contributed by atoms with van der Waals surface area (Å²) in [6, 6.07) is -0.814. The minimum absolute atomic E-state index is 0.287. The molecule has 0 saturated carbocycles. The van der Waals surface area contributed by atoms with Crippen LogP contribution in [0.15, 0.2) is 12.7 Å². The summed E-state index contributed by atoms with van der Waals surface area (Å²) >= 11 is 0. The number of ether oxygens (including phenoxy) is 2. The molecule has 7 heteroatoms. The Morgan fingerprint density at radius 1 is 1.29 bits per heavy atom. The van der Waals surface area contributed by atoms with Crippen molar-refractivity contribution >= 4 is 18.0 Å². The van der Waals surface area contributed by atoms with Gasteiger partial charge >= 0.3 is 12.1 Å². The molecule has 21 heavy (non-hydrogen) atoms. The Morgan fingerprint density at radius 2 is 1.90 bits per heavy atom. The smallest absolute Gasteiger partial charge is 0.408 e. The van der Waals surface area contributed by atoms with Crippen LogP contribution in [-0.2, 0) is 19.1 Å². The molecule has 2 N–H and O–H groups in total. The zero-order valence-corrected chi connectivity index (χ0v) is 13.0. The van der Waals surface area contributed by atoms with Gasteiger partial charge in [0.15, 0.2) is 0 Å². The monoisotopic (exact) mass is 300 g/mol. The van der Waals surface area contributed by atoms with Crippen LogP contribution in [0.1, 0.15) is 33.6 Å². The maximum atomic E-state index is 11.7. The maximum absolute atomic E-state index is 11.7. The van der Waals surface area contributed by atoms with Gasteiger partial charge in [0.25, 0.3) is 0 Å². The SMILES string of the molecule is C=CC(=O)NCCCC(NC(=O)OC(C)(C)C)C(=O)OC. The van der Waals surface area contributed by atoms with Crippen molar-refractivity contribution in [1.82, 2.24) is 10.6 Å². The molecule has 0 radical (unpaired) electrons.